The second kappa shape index (κ2) is 4.93. The molecule has 0 amide bonds. The van der Waals surface area contributed by atoms with Crippen molar-refractivity contribution in [3.8, 4) is 5.75 Å². The molecule has 0 saturated heterocycles. The van der Waals surface area contributed by atoms with Crippen LogP contribution in [-0.4, -0.2) is 12.4 Å². The Morgan fingerprint density at radius 3 is 2.47 bits per heavy atom. The topological polar surface area (TPSA) is 9.23 Å². The fraction of sp³-hybridized carbons (Fsp3) is 0.538. The molecule has 0 N–H and O–H groups in total. The average Bonchev–Trinajstić information content (AvgIpc) is 2.16. The first-order chi connectivity index (χ1) is 6.94. The Labute approximate surface area is 98.3 Å². The summed E-state index contributed by atoms with van der Waals surface area (Å²) in [6.45, 7) is 9.19. The van der Waals surface area contributed by atoms with Gasteiger partial charge in [0.15, 0.2) is 0 Å². The molecule has 0 aliphatic carbocycles. The molecule has 1 aromatic carbocycles. The third kappa shape index (κ3) is 3.78. The zero-order valence-electron chi connectivity index (χ0n) is 10.0. The molecule has 2 heteroatoms. The molecule has 0 aliphatic rings. The highest BCUT2D eigenvalue weighted by atomic mass is 32.1. The second-order valence-electron chi connectivity index (χ2n) is 4.88. The molecular weight excluding hydrogens is 204 g/mol. The van der Waals surface area contributed by atoms with Crippen LogP contribution < -0.4 is 4.74 Å². The molecule has 15 heavy (non-hydrogen) atoms. The van der Waals surface area contributed by atoms with E-state index >= 15 is 0 Å². The van der Waals surface area contributed by atoms with E-state index in [-0.39, 0.29) is 5.41 Å². The van der Waals surface area contributed by atoms with Gasteiger partial charge in [-0.3, -0.25) is 0 Å². The smallest absolute Gasteiger partial charge is 0.122 e. The lowest BCUT2D eigenvalue weighted by molar-refractivity contribution is 0.201. The summed E-state index contributed by atoms with van der Waals surface area (Å²) in [7, 11) is 0. The molecular formula is C13H20OS. The van der Waals surface area contributed by atoms with Crippen LogP contribution in [0.15, 0.2) is 18.2 Å². The highest BCUT2D eigenvalue weighted by Gasteiger charge is 2.16. The third-order valence-corrected chi connectivity index (χ3v) is 3.23. The van der Waals surface area contributed by atoms with Crippen molar-refractivity contribution < 1.29 is 4.74 Å². The van der Waals surface area contributed by atoms with E-state index in [1.165, 1.54) is 11.1 Å². The maximum absolute atomic E-state index is 5.80. The summed E-state index contributed by atoms with van der Waals surface area (Å²) < 4.78 is 5.80. The second-order valence-corrected chi connectivity index (χ2v) is 5.20. The predicted octanol–water partition coefficient (Wildman–Crippen LogP) is 3.64. The van der Waals surface area contributed by atoms with Crippen molar-refractivity contribution >= 4 is 12.6 Å². The molecule has 1 aromatic rings. The van der Waals surface area contributed by atoms with Gasteiger partial charge in [0, 0.05) is 5.41 Å². The Kier molecular flexibility index (Phi) is 4.09. The number of rotatable bonds is 4. The van der Waals surface area contributed by atoms with Gasteiger partial charge in [-0.15, -0.1) is 0 Å². The van der Waals surface area contributed by atoms with Crippen LogP contribution in [0.3, 0.4) is 0 Å². The van der Waals surface area contributed by atoms with Crippen molar-refractivity contribution in [1.82, 2.24) is 0 Å². The van der Waals surface area contributed by atoms with Gasteiger partial charge in [-0.1, -0.05) is 31.5 Å². The molecule has 0 heterocycles. The zero-order valence-corrected chi connectivity index (χ0v) is 10.9. The molecule has 0 atom stereocenters. The van der Waals surface area contributed by atoms with E-state index < -0.39 is 0 Å². The standard InChI is InChI=1S/C13H20OS/c1-10-5-6-12(11(2)7-10)14-8-13(3,4)9-15/h5-7,15H,8-9H2,1-4H3. The van der Waals surface area contributed by atoms with Crippen LogP contribution in [0.4, 0.5) is 0 Å². The molecule has 0 saturated carbocycles. The van der Waals surface area contributed by atoms with Gasteiger partial charge in [0.05, 0.1) is 6.61 Å². The summed E-state index contributed by atoms with van der Waals surface area (Å²) in [4.78, 5) is 0. The number of aryl methyl sites for hydroxylation is 2. The molecule has 0 aliphatic heterocycles. The fourth-order valence-electron chi connectivity index (χ4n) is 1.28. The molecule has 0 spiro atoms. The first-order valence-electron chi connectivity index (χ1n) is 5.25. The lowest BCUT2D eigenvalue weighted by Gasteiger charge is -2.22. The van der Waals surface area contributed by atoms with Crippen molar-refractivity contribution in [3.63, 3.8) is 0 Å². The van der Waals surface area contributed by atoms with Crippen LogP contribution in [0.5, 0.6) is 5.75 Å². The van der Waals surface area contributed by atoms with Crippen LogP contribution in [-0.2, 0) is 0 Å². The summed E-state index contributed by atoms with van der Waals surface area (Å²) in [6, 6.07) is 6.26. The Balaban J connectivity index is 2.66. The molecule has 1 rings (SSSR count). The number of hydrogen-bond acceptors (Lipinski definition) is 2. The first-order valence-corrected chi connectivity index (χ1v) is 5.89. The van der Waals surface area contributed by atoms with Crippen LogP contribution in [0, 0.1) is 19.3 Å². The fourth-order valence-corrected chi connectivity index (χ4v) is 1.37. The van der Waals surface area contributed by atoms with E-state index in [1.54, 1.807) is 0 Å². The third-order valence-electron chi connectivity index (χ3n) is 2.38. The maximum atomic E-state index is 5.80. The molecule has 84 valence electrons. The maximum Gasteiger partial charge on any atom is 0.122 e. The highest BCUT2D eigenvalue weighted by Crippen LogP contribution is 2.23. The van der Waals surface area contributed by atoms with Crippen molar-refractivity contribution in [2.24, 2.45) is 5.41 Å². The van der Waals surface area contributed by atoms with Crippen LogP contribution in [0.2, 0.25) is 0 Å². The Morgan fingerprint density at radius 1 is 1.27 bits per heavy atom. The van der Waals surface area contributed by atoms with Gasteiger partial charge >= 0.3 is 0 Å². The van der Waals surface area contributed by atoms with Gasteiger partial charge in [0.2, 0.25) is 0 Å². The Hall–Kier alpha value is -0.630. The van der Waals surface area contributed by atoms with Gasteiger partial charge in [-0.05, 0) is 31.2 Å². The van der Waals surface area contributed by atoms with Crippen LogP contribution in [0.1, 0.15) is 25.0 Å². The van der Waals surface area contributed by atoms with E-state index in [0.29, 0.717) is 6.61 Å². The van der Waals surface area contributed by atoms with Crippen molar-refractivity contribution in [1.29, 1.82) is 0 Å². The minimum Gasteiger partial charge on any atom is -0.493 e. The van der Waals surface area contributed by atoms with Crippen molar-refractivity contribution in [3.05, 3.63) is 29.3 Å². The van der Waals surface area contributed by atoms with E-state index in [4.69, 9.17) is 4.74 Å². The van der Waals surface area contributed by atoms with Gasteiger partial charge in [0.25, 0.3) is 0 Å². The van der Waals surface area contributed by atoms with Gasteiger partial charge < -0.3 is 4.74 Å². The number of benzene rings is 1. The predicted molar refractivity (Wildman–Crippen MR) is 69.0 cm³/mol. The normalized spacial score (nSPS) is 11.5. The van der Waals surface area contributed by atoms with Crippen LogP contribution >= 0.6 is 12.6 Å². The van der Waals surface area contributed by atoms with Crippen molar-refractivity contribution in [2.75, 3.05) is 12.4 Å². The Bertz CT molecular complexity index is 331. The largest absolute Gasteiger partial charge is 0.493 e. The van der Waals surface area contributed by atoms with Gasteiger partial charge in [-0.2, -0.15) is 12.6 Å². The quantitative estimate of drug-likeness (QED) is 0.768. The molecule has 0 bridgehead atoms. The molecule has 0 fully saturated rings. The van der Waals surface area contributed by atoms with Crippen LogP contribution in [0.25, 0.3) is 0 Å². The average molecular weight is 224 g/mol. The zero-order chi connectivity index (χ0) is 11.5. The molecule has 0 unspecified atom stereocenters. The molecule has 0 aromatic heterocycles. The Morgan fingerprint density at radius 2 is 1.93 bits per heavy atom. The monoisotopic (exact) mass is 224 g/mol. The molecule has 0 radical (unpaired) electrons. The van der Waals surface area contributed by atoms with Gasteiger partial charge in [-0.25, -0.2) is 0 Å². The highest BCUT2D eigenvalue weighted by molar-refractivity contribution is 7.80. The minimum atomic E-state index is 0.125. The summed E-state index contributed by atoms with van der Waals surface area (Å²) in [5.41, 5.74) is 2.60. The van der Waals surface area contributed by atoms with E-state index in [2.05, 4.69) is 52.5 Å². The lowest BCUT2D eigenvalue weighted by atomic mass is 9.98. The summed E-state index contributed by atoms with van der Waals surface area (Å²) in [5.74, 6) is 1.81. The SMILES string of the molecule is Cc1ccc(OCC(C)(C)CS)c(C)c1. The number of hydrogen-bond donors (Lipinski definition) is 1. The summed E-state index contributed by atoms with van der Waals surface area (Å²) >= 11 is 4.31. The molecule has 1 nitrogen and oxygen atoms in total. The van der Waals surface area contributed by atoms with E-state index in [9.17, 15) is 0 Å². The number of ether oxygens (including phenoxy) is 1. The first kappa shape index (κ1) is 12.4. The van der Waals surface area contributed by atoms with E-state index in [1.807, 2.05) is 6.07 Å². The lowest BCUT2D eigenvalue weighted by Crippen LogP contribution is -2.23. The number of thiol groups is 1. The van der Waals surface area contributed by atoms with Gasteiger partial charge in [0.1, 0.15) is 5.75 Å². The minimum absolute atomic E-state index is 0.125. The van der Waals surface area contributed by atoms with Crippen molar-refractivity contribution in [2.45, 2.75) is 27.7 Å². The van der Waals surface area contributed by atoms with E-state index in [0.717, 1.165) is 11.5 Å². The summed E-state index contributed by atoms with van der Waals surface area (Å²) in [5, 5.41) is 0. The summed E-state index contributed by atoms with van der Waals surface area (Å²) in [6.07, 6.45) is 0.